The van der Waals surface area contributed by atoms with Crippen LogP contribution in [0, 0.1) is 5.92 Å². The van der Waals surface area contributed by atoms with Gasteiger partial charge in [-0.2, -0.15) is 13.6 Å². The third-order valence-corrected chi connectivity index (χ3v) is 7.22. The number of rotatable bonds is 8. The number of aromatic nitrogens is 2. The summed E-state index contributed by atoms with van der Waals surface area (Å²) in [6, 6.07) is 1.39. The molecule has 0 spiro atoms. The Labute approximate surface area is 157 Å². The maximum absolute atomic E-state index is 11.9. The minimum atomic E-state index is -5.59. The Morgan fingerprint density at radius 3 is 2.46 bits per heavy atom. The fourth-order valence-electron chi connectivity index (χ4n) is 2.47. The van der Waals surface area contributed by atoms with Gasteiger partial charge in [0.2, 0.25) is 0 Å². The Balaban J connectivity index is 1.97. The third kappa shape index (κ3) is 6.83. The molecule has 0 saturated carbocycles. The lowest BCUT2D eigenvalue weighted by Gasteiger charge is -2.19. The molecule has 1 aromatic heterocycles. The zero-order chi connectivity index (χ0) is 21.3. The fourth-order valence-corrected chi connectivity index (χ4v) is 5.51. The normalized spacial score (nSPS) is 27.2. The highest BCUT2D eigenvalue weighted by Crippen LogP contribution is 2.66. The predicted molar refractivity (Wildman–Crippen MR) is 90.4 cm³/mol. The smallest absolute Gasteiger partial charge is 0.383 e. The number of phosphoric acid groups is 3. The van der Waals surface area contributed by atoms with Crippen LogP contribution >= 0.6 is 23.5 Å². The van der Waals surface area contributed by atoms with Crippen LogP contribution in [0.5, 0.6) is 0 Å². The highest BCUT2D eigenvalue weighted by atomic mass is 31.3. The van der Waals surface area contributed by atoms with Gasteiger partial charge in [0.15, 0.2) is 0 Å². The van der Waals surface area contributed by atoms with Gasteiger partial charge in [0.1, 0.15) is 12.0 Å². The molecule has 15 nitrogen and oxygen atoms in total. The van der Waals surface area contributed by atoms with Crippen LogP contribution in [0.15, 0.2) is 17.1 Å². The summed E-state index contributed by atoms with van der Waals surface area (Å²) < 4.78 is 52.0. The molecule has 6 N–H and O–H groups in total. The molecule has 1 saturated heterocycles. The second-order valence-electron chi connectivity index (χ2n) is 5.79. The quantitative estimate of drug-likeness (QED) is 0.321. The van der Waals surface area contributed by atoms with Crippen LogP contribution in [0.2, 0.25) is 0 Å². The molecule has 0 radical (unpaired) electrons. The number of nitrogens with two attached hydrogens (primary N) is 1. The Bertz CT molecular complexity index is 914. The lowest BCUT2D eigenvalue weighted by molar-refractivity contribution is -0.0331. The zero-order valence-electron chi connectivity index (χ0n) is 14.2. The van der Waals surface area contributed by atoms with Crippen LogP contribution in [0.4, 0.5) is 5.82 Å². The van der Waals surface area contributed by atoms with Crippen molar-refractivity contribution >= 4 is 29.3 Å². The van der Waals surface area contributed by atoms with E-state index in [-0.39, 0.29) is 18.2 Å². The Hall–Kier alpha value is -0.950. The van der Waals surface area contributed by atoms with E-state index in [0.29, 0.717) is 0 Å². The van der Waals surface area contributed by atoms with Gasteiger partial charge in [0.05, 0.1) is 12.7 Å². The van der Waals surface area contributed by atoms with Crippen molar-refractivity contribution in [3.05, 3.63) is 22.7 Å². The number of nitrogens with zero attached hydrogens (tertiary/aromatic N) is 2. The van der Waals surface area contributed by atoms with E-state index in [4.69, 9.17) is 25.2 Å². The molecule has 1 fully saturated rings. The van der Waals surface area contributed by atoms with Crippen LogP contribution in [-0.2, 0) is 31.6 Å². The molecule has 1 aromatic rings. The SMILES string of the molecule is CC1CC(COP(=O)(O)OP(=O)(O)OP(=O)(O)O)OC1n1ccc(N)nc1=O. The molecule has 1 aliphatic rings. The summed E-state index contributed by atoms with van der Waals surface area (Å²) in [6.07, 6.45) is 0.0674. The summed E-state index contributed by atoms with van der Waals surface area (Å²) in [5.74, 6) is -0.214. The van der Waals surface area contributed by atoms with E-state index in [1.54, 1.807) is 6.92 Å². The summed E-state index contributed by atoms with van der Waals surface area (Å²) in [5.41, 5.74) is 4.75. The number of nitrogen functional groups attached to an aromatic ring is 1. The predicted octanol–water partition coefficient (Wildman–Crippen LogP) is 0.0924. The molecule has 0 bridgehead atoms. The van der Waals surface area contributed by atoms with Gasteiger partial charge in [-0.1, -0.05) is 6.92 Å². The first-order valence-corrected chi connectivity index (χ1v) is 12.0. The fraction of sp³-hybridized carbons (Fsp3) is 0.600. The van der Waals surface area contributed by atoms with Gasteiger partial charge < -0.3 is 30.0 Å². The molecule has 28 heavy (non-hydrogen) atoms. The molecule has 5 unspecified atom stereocenters. The first kappa shape index (κ1) is 23.3. The Kier molecular flexibility index (Phi) is 7.02. The van der Waals surface area contributed by atoms with Crippen molar-refractivity contribution in [2.45, 2.75) is 25.7 Å². The van der Waals surface area contributed by atoms with Gasteiger partial charge in [-0.05, 0) is 12.5 Å². The number of hydrogen-bond donors (Lipinski definition) is 5. The minimum absolute atomic E-state index is 0.0242. The minimum Gasteiger partial charge on any atom is -0.383 e. The summed E-state index contributed by atoms with van der Waals surface area (Å²) in [7, 11) is -16.3. The van der Waals surface area contributed by atoms with Crippen molar-refractivity contribution in [2.24, 2.45) is 5.92 Å². The molecule has 1 aliphatic heterocycles. The molecule has 18 heteroatoms. The average molecular weight is 465 g/mol. The number of anilines is 1. The maximum Gasteiger partial charge on any atom is 0.490 e. The first-order chi connectivity index (χ1) is 12.7. The van der Waals surface area contributed by atoms with E-state index in [0.717, 1.165) is 0 Å². The largest absolute Gasteiger partial charge is 0.490 e. The van der Waals surface area contributed by atoms with E-state index < -0.39 is 48.1 Å². The number of hydrogen-bond acceptors (Lipinski definition) is 10. The molecule has 0 aromatic carbocycles. The van der Waals surface area contributed by atoms with Crippen LogP contribution in [-0.4, -0.2) is 41.8 Å². The van der Waals surface area contributed by atoms with Crippen LogP contribution in [0.3, 0.4) is 0 Å². The number of ether oxygens (including phenoxy) is 1. The van der Waals surface area contributed by atoms with E-state index in [9.17, 15) is 23.4 Å². The molecule has 160 valence electrons. The van der Waals surface area contributed by atoms with Gasteiger partial charge in [-0.3, -0.25) is 9.09 Å². The number of phosphoric ester groups is 1. The zero-order valence-corrected chi connectivity index (χ0v) is 16.9. The van der Waals surface area contributed by atoms with Gasteiger partial charge in [-0.15, -0.1) is 0 Å². The maximum atomic E-state index is 11.9. The Morgan fingerprint density at radius 2 is 1.89 bits per heavy atom. The monoisotopic (exact) mass is 465 g/mol. The molecule has 2 rings (SSSR count). The van der Waals surface area contributed by atoms with Crippen molar-refractivity contribution < 1.29 is 51.2 Å². The topological polar surface area (TPSA) is 230 Å². The lowest BCUT2D eigenvalue weighted by Crippen LogP contribution is -2.29. The third-order valence-electron chi connectivity index (χ3n) is 3.42. The van der Waals surface area contributed by atoms with Crippen molar-refractivity contribution in [2.75, 3.05) is 12.3 Å². The van der Waals surface area contributed by atoms with Gasteiger partial charge >= 0.3 is 29.2 Å². The van der Waals surface area contributed by atoms with Crippen molar-refractivity contribution in [3.63, 3.8) is 0 Å². The molecular weight excluding hydrogens is 447 g/mol. The highest BCUT2D eigenvalue weighted by Gasteiger charge is 2.42. The van der Waals surface area contributed by atoms with Gasteiger partial charge in [0, 0.05) is 12.1 Å². The summed E-state index contributed by atoms with van der Waals surface area (Å²) in [6.45, 7) is 1.14. The van der Waals surface area contributed by atoms with Crippen LogP contribution < -0.4 is 11.4 Å². The molecule has 0 amide bonds. The van der Waals surface area contributed by atoms with Crippen molar-refractivity contribution in [1.82, 2.24) is 9.55 Å². The highest BCUT2D eigenvalue weighted by molar-refractivity contribution is 7.66. The lowest BCUT2D eigenvalue weighted by atomic mass is 10.1. The van der Waals surface area contributed by atoms with Crippen LogP contribution in [0.1, 0.15) is 19.6 Å². The summed E-state index contributed by atoms with van der Waals surface area (Å²) in [5, 5.41) is 0. The van der Waals surface area contributed by atoms with E-state index in [1.807, 2.05) is 0 Å². The molecule has 2 heterocycles. The molecular formula is C10H18N3O12P3. The van der Waals surface area contributed by atoms with Gasteiger partial charge in [0.25, 0.3) is 0 Å². The Morgan fingerprint density at radius 1 is 1.25 bits per heavy atom. The van der Waals surface area contributed by atoms with E-state index in [2.05, 4.69) is 18.1 Å². The molecule has 5 atom stereocenters. The second kappa shape index (κ2) is 8.42. The van der Waals surface area contributed by atoms with E-state index >= 15 is 0 Å². The van der Waals surface area contributed by atoms with E-state index in [1.165, 1.54) is 16.8 Å². The second-order valence-corrected chi connectivity index (χ2v) is 10.2. The average Bonchev–Trinajstić information content (AvgIpc) is 2.82. The van der Waals surface area contributed by atoms with Crippen molar-refractivity contribution in [3.8, 4) is 0 Å². The first-order valence-electron chi connectivity index (χ1n) is 7.46. The summed E-state index contributed by atoms with van der Waals surface area (Å²) in [4.78, 5) is 50.9. The molecule has 0 aliphatic carbocycles. The van der Waals surface area contributed by atoms with Gasteiger partial charge in [-0.25, -0.2) is 18.5 Å². The standard InChI is InChI=1S/C10H18N3O12P3/c1-6-4-7(23-9(6)13-3-2-8(11)12-10(13)14)5-22-27(18,19)25-28(20,21)24-26(15,16)17/h2-3,6-7,9H,4-5H2,1H3,(H,18,19)(H,20,21)(H2,11,12,14)(H2,15,16,17). The summed E-state index contributed by atoms with van der Waals surface area (Å²) >= 11 is 0. The van der Waals surface area contributed by atoms with Crippen LogP contribution in [0.25, 0.3) is 0 Å². The van der Waals surface area contributed by atoms with Crippen molar-refractivity contribution in [1.29, 1.82) is 0 Å².